The van der Waals surface area contributed by atoms with E-state index in [0.717, 1.165) is 0 Å². The van der Waals surface area contributed by atoms with Crippen molar-refractivity contribution in [2.45, 2.75) is 18.4 Å². The van der Waals surface area contributed by atoms with E-state index in [1.807, 2.05) is 0 Å². The summed E-state index contributed by atoms with van der Waals surface area (Å²) in [6.07, 6.45) is 1.41. The molecule has 0 aliphatic heterocycles. The summed E-state index contributed by atoms with van der Waals surface area (Å²) < 4.78 is 26.2. The number of pyridine rings is 1. The van der Waals surface area contributed by atoms with Gasteiger partial charge in [0, 0.05) is 25.7 Å². The Balaban J connectivity index is 2.68. The lowest BCUT2D eigenvalue weighted by molar-refractivity contribution is -0.120. The summed E-state index contributed by atoms with van der Waals surface area (Å²) in [6, 6.07) is 3.05. The Labute approximate surface area is 111 Å². The molecule has 0 aliphatic carbocycles. The summed E-state index contributed by atoms with van der Waals surface area (Å²) in [4.78, 5) is 15.0. The molecule has 0 spiro atoms. The number of aromatic nitrogens is 1. The van der Waals surface area contributed by atoms with E-state index in [9.17, 15) is 13.2 Å². The average Bonchev–Trinajstić information content (AvgIpc) is 2.38. The number of nitrogens with two attached hydrogens (primary N) is 1. The van der Waals surface area contributed by atoms with Crippen LogP contribution in [0.1, 0.15) is 13.3 Å². The van der Waals surface area contributed by atoms with Gasteiger partial charge in [-0.1, -0.05) is 0 Å². The molecule has 1 amide bonds. The smallest absolute Gasteiger partial charge is 0.260 e. The summed E-state index contributed by atoms with van der Waals surface area (Å²) in [5.74, 6) is 5.00. The van der Waals surface area contributed by atoms with E-state index in [1.54, 1.807) is 13.0 Å². The van der Waals surface area contributed by atoms with Gasteiger partial charge in [0.05, 0.1) is 5.69 Å². The molecular weight excluding hydrogens is 270 g/mol. The van der Waals surface area contributed by atoms with Gasteiger partial charge in [-0.15, -0.1) is 0 Å². The molecule has 106 valence electrons. The topological polar surface area (TPSA) is 126 Å². The van der Waals surface area contributed by atoms with Crippen molar-refractivity contribution in [1.29, 1.82) is 0 Å². The Morgan fingerprint density at radius 1 is 1.47 bits per heavy atom. The van der Waals surface area contributed by atoms with E-state index in [1.165, 1.54) is 12.3 Å². The normalized spacial score (nSPS) is 11.1. The van der Waals surface area contributed by atoms with Crippen LogP contribution in [-0.4, -0.2) is 32.4 Å². The standard InChI is InChI=1S/C10H17N5O3S/c1-2-12-9(16)5-7-14-19(17,18)10-8(15-11)4-3-6-13-10/h3-4,6,14-15H,2,5,7,11H2,1H3,(H,12,16). The third kappa shape index (κ3) is 4.47. The average molecular weight is 287 g/mol. The predicted molar refractivity (Wildman–Crippen MR) is 70.5 cm³/mol. The van der Waals surface area contributed by atoms with Crippen molar-refractivity contribution >= 4 is 21.6 Å². The number of anilines is 1. The van der Waals surface area contributed by atoms with Gasteiger partial charge in [-0.2, -0.15) is 0 Å². The molecule has 0 fully saturated rings. The number of hydrogen-bond acceptors (Lipinski definition) is 6. The van der Waals surface area contributed by atoms with Crippen LogP contribution in [0.5, 0.6) is 0 Å². The predicted octanol–water partition coefficient (Wildman–Crippen LogP) is -0.828. The fourth-order valence-electron chi connectivity index (χ4n) is 1.37. The summed E-state index contributed by atoms with van der Waals surface area (Å²) in [5, 5.41) is 2.37. The molecule has 1 aromatic rings. The number of carbonyl (C=O) groups excluding carboxylic acids is 1. The SMILES string of the molecule is CCNC(=O)CCNS(=O)(=O)c1ncccc1NN. The Morgan fingerprint density at radius 3 is 2.84 bits per heavy atom. The highest BCUT2D eigenvalue weighted by Crippen LogP contribution is 2.15. The van der Waals surface area contributed by atoms with Crippen molar-refractivity contribution in [2.24, 2.45) is 5.84 Å². The molecule has 1 heterocycles. The second kappa shape index (κ2) is 7.02. The van der Waals surface area contributed by atoms with Crippen molar-refractivity contribution in [1.82, 2.24) is 15.0 Å². The Bertz CT molecular complexity index is 532. The van der Waals surface area contributed by atoms with Crippen molar-refractivity contribution in [3.63, 3.8) is 0 Å². The van der Waals surface area contributed by atoms with Crippen LogP contribution in [0.3, 0.4) is 0 Å². The number of sulfonamides is 1. The first-order valence-corrected chi connectivity index (χ1v) is 7.17. The number of rotatable bonds is 7. The molecule has 0 bridgehead atoms. The van der Waals surface area contributed by atoms with Crippen molar-refractivity contribution < 1.29 is 13.2 Å². The van der Waals surface area contributed by atoms with Gasteiger partial charge in [0.2, 0.25) is 5.91 Å². The molecule has 0 saturated heterocycles. The number of carbonyl (C=O) groups is 1. The largest absolute Gasteiger partial charge is 0.356 e. The molecule has 5 N–H and O–H groups in total. The molecule has 1 aromatic heterocycles. The molecule has 0 atom stereocenters. The van der Waals surface area contributed by atoms with Crippen LogP contribution in [0.2, 0.25) is 0 Å². The number of hydrogen-bond donors (Lipinski definition) is 4. The van der Waals surface area contributed by atoms with E-state index >= 15 is 0 Å². The van der Waals surface area contributed by atoms with Crippen LogP contribution in [0.25, 0.3) is 0 Å². The van der Waals surface area contributed by atoms with Gasteiger partial charge in [-0.05, 0) is 19.1 Å². The molecule has 0 radical (unpaired) electrons. The lowest BCUT2D eigenvalue weighted by atomic mass is 10.4. The van der Waals surface area contributed by atoms with Crippen LogP contribution >= 0.6 is 0 Å². The first-order valence-electron chi connectivity index (χ1n) is 5.69. The maximum Gasteiger partial charge on any atom is 0.260 e. The second-order valence-corrected chi connectivity index (χ2v) is 5.28. The molecule has 0 unspecified atom stereocenters. The number of hydrazine groups is 1. The minimum atomic E-state index is -3.80. The van der Waals surface area contributed by atoms with Gasteiger partial charge in [0.15, 0.2) is 5.03 Å². The fourth-order valence-corrected chi connectivity index (χ4v) is 2.49. The van der Waals surface area contributed by atoms with Crippen molar-refractivity contribution in [3.8, 4) is 0 Å². The van der Waals surface area contributed by atoms with Gasteiger partial charge in [0.25, 0.3) is 10.0 Å². The van der Waals surface area contributed by atoms with Crippen LogP contribution in [-0.2, 0) is 14.8 Å². The Morgan fingerprint density at radius 2 is 2.21 bits per heavy atom. The second-order valence-electron chi connectivity index (χ2n) is 3.60. The van der Waals surface area contributed by atoms with Crippen LogP contribution in [0.15, 0.2) is 23.4 Å². The lowest BCUT2D eigenvalue weighted by Gasteiger charge is -2.09. The molecule has 19 heavy (non-hydrogen) atoms. The molecule has 1 rings (SSSR count). The lowest BCUT2D eigenvalue weighted by Crippen LogP contribution is -2.31. The number of amides is 1. The Kier molecular flexibility index (Phi) is 5.67. The van der Waals surface area contributed by atoms with E-state index < -0.39 is 10.0 Å². The van der Waals surface area contributed by atoms with E-state index in [4.69, 9.17) is 5.84 Å². The number of nitrogens with zero attached hydrogens (tertiary/aromatic N) is 1. The van der Waals surface area contributed by atoms with Crippen LogP contribution in [0.4, 0.5) is 5.69 Å². The number of nitrogens with one attached hydrogen (secondary N) is 3. The van der Waals surface area contributed by atoms with Crippen LogP contribution in [0, 0.1) is 0 Å². The van der Waals surface area contributed by atoms with Gasteiger partial charge >= 0.3 is 0 Å². The highest BCUT2D eigenvalue weighted by Gasteiger charge is 2.19. The maximum atomic E-state index is 12.0. The Hall–Kier alpha value is -1.71. The van der Waals surface area contributed by atoms with Gasteiger partial charge < -0.3 is 10.7 Å². The fraction of sp³-hybridized carbons (Fsp3) is 0.400. The van der Waals surface area contributed by atoms with Crippen molar-refractivity contribution in [3.05, 3.63) is 18.3 Å². The molecule has 0 aromatic carbocycles. The molecule has 0 saturated carbocycles. The van der Waals surface area contributed by atoms with Gasteiger partial charge in [-0.3, -0.25) is 10.6 Å². The minimum absolute atomic E-state index is 0.00521. The van der Waals surface area contributed by atoms with E-state index in [-0.39, 0.29) is 29.6 Å². The minimum Gasteiger partial charge on any atom is -0.356 e. The van der Waals surface area contributed by atoms with E-state index in [2.05, 4.69) is 20.4 Å². The molecular formula is C10H17N5O3S. The summed E-state index contributed by atoms with van der Waals surface area (Å²) in [7, 11) is -3.80. The third-order valence-corrected chi connectivity index (χ3v) is 3.62. The van der Waals surface area contributed by atoms with Crippen LogP contribution < -0.4 is 21.3 Å². The third-order valence-electron chi connectivity index (χ3n) is 2.20. The monoisotopic (exact) mass is 287 g/mol. The molecule has 8 nitrogen and oxygen atoms in total. The highest BCUT2D eigenvalue weighted by molar-refractivity contribution is 7.89. The van der Waals surface area contributed by atoms with Gasteiger partial charge in [0.1, 0.15) is 0 Å². The van der Waals surface area contributed by atoms with Crippen molar-refractivity contribution in [2.75, 3.05) is 18.5 Å². The zero-order chi connectivity index (χ0) is 14.3. The summed E-state index contributed by atoms with van der Waals surface area (Å²) >= 11 is 0. The quantitative estimate of drug-likeness (QED) is 0.383. The summed E-state index contributed by atoms with van der Waals surface area (Å²) in [5.41, 5.74) is 2.45. The van der Waals surface area contributed by atoms with Gasteiger partial charge in [-0.25, -0.2) is 18.1 Å². The van der Waals surface area contributed by atoms with E-state index in [0.29, 0.717) is 6.54 Å². The first kappa shape index (κ1) is 15.3. The first-order chi connectivity index (χ1) is 9.01. The zero-order valence-electron chi connectivity index (χ0n) is 10.5. The highest BCUT2D eigenvalue weighted by atomic mass is 32.2. The molecule has 9 heteroatoms. The maximum absolute atomic E-state index is 12.0. The summed E-state index contributed by atoms with van der Waals surface area (Å²) in [6.45, 7) is 2.29. The number of nitrogen functional groups attached to an aromatic ring is 1. The molecule has 0 aliphatic rings. The zero-order valence-corrected chi connectivity index (χ0v) is 11.3.